The smallest absolute Gasteiger partial charge is 0.338 e. The molecule has 2 heterocycles. The van der Waals surface area contributed by atoms with Gasteiger partial charge < -0.3 is 15.2 Å². The van der Waals surface area contributed by atoms with Gasteiger partial charge in [-0.25, -0.2) is 9.79 Å². The van der Waals surface area contributed by atoms with Crippen LogP contribution in [0.5, 0.6) is 5.75 Å². The van der Waals surface area contributed by atoms with E-state index in [1.807, 2.05) is 31.2 Å². The Balaban J connectivity index is 2.20. The summed E-state index contributed by atoms with van der Waals surface area (Å²) in [5.74, 6) is 0.586. The number of aliphatic imine (C=N–C) groups is 1. The van der Waals surface area contributed by atoms with E-state index >= 15 is 0 Å². The zero-order valence-corrected chi connectivity index (χ0v) is 16.9. The van der Waals surface area contributed by atoms with Crippen LogP contribution in [0.1, 0.15) is 38.3 Å². The van der Waals surface area contributed by atoms with Crippen molar-refractivity contribution in [1.82, 2.24) is 4.90 Å². The molecule has 1 aromatic rings. The Morgan fingerprint density at radius 2 is 2.07 bits per heavy atom. The van der Waals surface area contributed by atoms with Gasteiger partial charge in [-0.15, -0.1) is 0 Å². The number of rotatable bonds is 6. The van der Waals surface area contributed by atoms with E-state index in [0.29, 0.717) is 39.3 Å². The van der Waals surface area contributed by atoms with Crippen molar-refractivity contribution >= 4 is 22.9 Å². The highest BCUT2D eigenvalue weighted by Crippen LogP contribution is 2.46. The SMILES string of the molecule is CCCC1=C(C(=O)OCC)[C@H](c2ccc(OC)cc2)N2C(=N1)SC(C#N)=C2N. The molecule has 2 aliphatic rings. The maximum Gasteiger partial charge on any atom is 0.338 e. The van der Waals surface area contributed by atoms with Crippen LogP contribution in [0.2, 0.25) is 0 Å². The maximum atomic E-state index is 12.9. The van der Waals surface area contributed by atoms with Gasteiger partial charge in [0.05, 0.1) is 31.0 Å². The number of methoxy groups -OCH3 is 1. The molecule has 0 aromatic heterocycles. The van der Waals surface area contributed by atoms with Crippen molar-refractivity contribution < 1.29 is 14.3 Å². The molecule has 146 valence electrons. The molecule has 0 aliphatic carbocycles. The first-order valence-electron chi connectivity index (χ1n) is 9.05. The van der Waals surface area contributed by atoms with E-state index in [-0.39, 0.29) is 6.61 Å². The summed E-state index contributed by atoms with van der Waals surface area (Å²) in [6, 6.07) is 9.03. The van der Waals surface area contributed by atoms with Crippen molar-refractivity contribution in [1.29, 1.82) is 5.26 Å². The highest BCUT2D eigenvalue weighted by Gasteiger charge is 2.43. The molecule has 1 aromatic carbocycles. The zero-order chi connectivity index (χ0) is 20.3. The molecule has 0 amide bonds. The second kappa shape index (κ2) is 8.40. The van der Waals surface area contributed by atoms with Gasteiger partial charge in [-0.1, -0.05) is 25.5 Å². The van der Waals surface area contributed by atoms with E-state index in [2.05, 4.69) is 11.1 Å². The fourth-order valence-corrected chi connectivity index (χ4v) is 4.13. The minimum atomic E-state index is -0.516. The van der Waals surface area contributed by atoms with Gasteiger partial charge in [0.1, 0.15) is 22.5 Å². The molecule has 28 heavy (non-hydrogen) atoms. The summed E-state index contributed by atoms with van der Waals surface area (Å²) in [7, 11) is 1.60. The summed E-state index contributed by atoms with van der Waals surface area (Å²) in [6.07, 6.45) is 1.45. The molecule has 1 atom stereocenters. The molecule has 2 N–H and O–H groups in total. The third kappa shape index (κ3) is 3.45. The number of hydrogen-bond acceptors (Lipinski definition) is 8. The quantitative estimate of drug-likeness (QED) is 0.733. The van der Waals surface area contributed by atoms with Crippen molar-refractivity contribution in [2.75, 3.05) is 13.7 Å². The fraction of sp³-hybridized carbons (Fsp3) is 0.350. The summed E-state index contributed by atoms with van der Waals surface area (Å²) >= 11 is 1.22. The van der Waals surface area contributed by atoms with Crippen LogP contribution in [0.4, 0.5) is 0 Å². The van der Waals surface area contributed by atoms with Gasteiger partial charge >= 0.3 is 5.97 Å². The third-order valence-corrected chi connectivity index (χ3v) is 5.46. The number of ether oxygens (including phenoxy) is 2. The van der Waals surface area contributed by atoms with E-state index in [1.54, 1.807) is 18.9 Å². The highest BCUT2D eigenvalue weighted by atomic mass is 32.2. The van der Waals surface area contributed by atoms with Crippen LogP contribution in [0.25, 0.3) is 0 Å². The molecule has 0 saturated heterocycles. The number of fused-ring (bicyclic) bond motifs is 1. The second-order valence-electron chi connectivity index (χ2n) is 6.20. The van der Waals surface area contributed by atoms with E-state index in [0.717, 1.165) is 12.0 Å². The Bertz CT molecular complexity index is 912. The van der Waals surface area contributed by atoms with Gasteiger partial charge in [0, 0.05) is 0 Å². The lowest BCUT2D eigenvalue weighted by Crippen LogP contribution is -2.39. The van der Waals surface area contributed by atoms with Crippen molar-refractivity contribution in [2.45, 2.75) is 32.7 Å². The maximum absolute atomic E-state index is 12.9. The number of nitrogens with two attached hydrogens (primary N) is 1. The van der Waals surface area contributed by atoms with Crippen LogP contribution in [0.3, 0.4) is 0 Å². The normalized spacial score (nSPS) is 18.6. The molecular formula is C20H22N4O3S. The van der Waals surface area contributed by atoms with Crippen molar-refractivity contribution in [3.05, 3.63) is 51.8 Å². The number of amidine groups is 1. The van der Waals surface area contributed by atoms with Crippen LogP contribution in [0.15, 0.2) is 51.3 Å². The average molecular weight is 398 g/mol. The lowest BCUT2D eigenvalue weighted by atomic mass is 9.93. The summed E-state index contributed by atoms with van der Waals surface area (Å²) in [6.45, 7) is 4.06. The summed E-state index contributed by atoms with van der Waals surface area (Å²) in [5.41, 5.74) is 8.24. The molecular weight excluding hydrogens is 376 g/mol. The van der Waals surface area contributed by atoms with Crippen LogP contribution in [-0.2, 0) is 9.53 Å². The Morgan fingerprint density at radius 1 is 1.36 bits per heavy atom. The number of carbonyl (C=O) groups is 1. The second-order valence-corrected chi connectivity index (χ2v) is 7.18. The van der Waals surface area contributed by atoms with Crippen molar-refractivity contribution in [3.8, 4) is 11.8 Å². The molecule has 0 fully saturated rings. The molecule has 3 rings (SSSR count). The van der Waals surface area contributed by atoms with Gasteiger partial charge in [-0.05, 0) is 42.8 Å². The molecule has 0 radical (unpaired) electrons. The standard InChI is InChI=1S/C20H22N4O3S/c1-4-6-14-16(19(25)27-5-2)17(12-7-9-13(26-3)10-8-12)24-18(22)15(11-21)28-20(24)23-14/h7-10,17H,4-6,22H2,1-3H3/t17-/m0/s1. The van der Waals surface area contributed by atoms with Gasteiger partial charge in [-0.2, -0.15) is 5.26 Å². The molecule has 0 unspecified atom stereocenters. The number of benzene rings is 1. The molecule has 0 spiro atoms. The number of nitriles is 1. The summed E-state index contributed by atoms with van der Waals surface area (Å²) in [5, 5.41) is 10.0. The van der Waals surface area contributed by atoms with Crippen LogP contribution >= 0.6 is 11.8 Å². The number of hydrogen-bond donors (Lipinski definition) is 1. The lowest BCUT2D eigenvalue weighted by Gasteiger charge is -2.35. The highest BCUT2D eigenvalue weighted by molar-refractivity contribution is 8.17. The third-order valence-electron chi connectivity index (χ3n) is 4.48. The number of thioether (sulfide) groups is 1. The summed E-state index contributed by atoms with van der Waals surface area (Å²) < 4.78 is 10.6. The zero-order valence-electron chi connectivity index (χ0n) is 16.1. The first kappa shape index (κ1) is 19.8. The fourth-order valence-electron chi connectivity index (χ4n) is 3.24. The lowest BCUT2D eigenvalue weighted by molar-refractivity contribution is -0.139. The van der Waals surface area contributed by atoms with Gasteiger partial charge in [0.2, 0.25) is 0 Å². The Hall–Kier alpha value is -2.92. The Labute approximate surface area is 168 Å². The van der Waals surface area contributed by atoms with E-state index in [1.165, 1.54) is 11.8 Å². The van der Waals surface area contributed by atoms with Crippen LogP contribution in [0, 0.1) is 11.3 Å². The number of esters is 1. The topological polar surface area (TPSA) is 101 Å². The van der Waals surface area contributed by atoms with Crippen molar-refractivity contribution in [3.63, 3.8) is 0 Å². The van der Waals surface area contributed by atoms with Crippen LogP contribution in [-0.4, -0.2) is 29.8 Å². The predicted octanol–water partition coefficient (Wildman–Crippen LogP) is 3.42. The van der Waals surface area contributed by atoms with Gasteiger partial charge in [0.15, 0.2) is 5.17 Å². The molecule has 0 saturated carbocycles. The first-order valence-corrected chi connectivity index (χ1v) is 9.87. The largest absolute Gasteiger partial charge is 0.497 e. The Kier molecular flexibility index (Phi) is 5.95. The molecule has 2 aliphatic heterocycles. The van der Waals surface area contributed by atoms with Gasteiger partial charge in [-0.3, -0.25) is 4.90 Å². The van der Waals surface area contributed by atoms with Gasteiger partial charge in [0.25, 0.3) is 0 Å². The molecule has 7 nitrogen and oxygen atoms in total. The summed E-state index contributed by atoms with van der Waals surface area (Å²) in [4.78, 5) is 19.7. The number of carbonyl (C=O) groups excluding carboxylic acids is 1. The Morgan fingerprint density at radius 3 is 2.64 bits per heavy atom. The number of allylic oxidation sites excluding steroid dienone is 2. The minimum Gasteiger partial charge on any atom is -0.497 e. The first-order chi connectivity index (χ1) is 13.5. The van der Waals surface area contributed by atoms with Crippen LogP contribution < -0.4 is 10.5 Å². The molecule has 8 heteroatoms. The van der Waals surface area contributed by atoms with Crippen molar-refractivity contribution in [2.24, 2.45) is 10.7 Å². The van der Waals surface area contributed by atoms with E-state index in [4.69, 9.17) is 15.2 Å². The van der Waals surface area contributed by atoms with E-state index < -0.39 is 12.0 Å². The number of nitrogens with zero attached hydrogens (tertiary/aromatic N) is 3. The average Bonchev–Trinajstić information content (AvgIpc) is 3.03. The monoisotopic (exact) mass is 398 g/mol. The predicted molar refractivity (Wildman–Crippen MR) is 108 cm³/mol. The minimum absolute atomic E-state index is 0.261. The van der Waals surface area contributed by atoms with E-state index in [9.17, 15) is 10.1 Å². The molecule has 0 bridgehead atoms.